The lowest BCUT2D eigenvalue weighted by atomic mass is 10.2. The zero-order chi connectivity index (χ0) is 20.3. The number of benzene rings is 1. The highest BCUT2D eigenvalue weighted by Crippen LogP contribution is 2.33. The summed E-state index contributed by atoms with van der Waals surface area (Å²) in [6, 6.07) is 11.4. The summed E-state index contributed by atoms with van der Waals surface area (Å²) in [5.41, 5.74) is 0.954. The third kappa shape index (κ3) is 4.33. The Bertz CT molecular complexity index is 1090. The molecule has 3 aromatic rings. The molecule has 4 rings (SSSR count). The maximum atomic E-state index is 12.3. The quantitative estimate of drug-likeness (QED) is 0.627. The minimum atomic E-state index is -3.67. The highest BCUT2D eigenvalue weighted by atomic mass is 32.2. The van der Waals surface area contributed by atoms with Crippen molar-refractivity contribution >= 4 is 15.9 Å². The molecule has 0 unspecified atom stereocenters. The molecular weight excluding hydrogens is 394 g/mol. The average molecular weight is 413 g/mol. The standard InChI is InChI=1S/C19H19N5O4S/c25-18-7-6-16(24(18)13-14-8-10-20-11-9-14)19-22-17(23-28-19)12-21-29(26,27)15-4-2-1-3-5-15/h1-5,8-11,16,21H,6-7,12-13H2/t16-/m0/s1. The summed E-state index contributed by atoms with van der Waals surface area (Å²) < 4.78 is 32.4. The zero-order valence-electron chi connectivity index (χ0n) is 15.4. The molecule has 0 aliphatic carbocycles. The van der Waals surface area contributed by atoms with Crippen LogP contribution in [0.15, 0.2) is 64.3 Å². The molecule has 1 amide bonds. The highest BCUT2D eigenvalue weighted by Gasteiger charge is 2.36. The van der Waals surface area contributed by atoms with Crippen LogP contribution in [-0.4, -0.2) is 34.3 Å². The maximum Gasteiger partial charge on any atom is 0.249 e. The third-order valence-corrected chi connectivity index (χ3v) is 6.09. The molecule has 0 saturated carbocycles. The molecule has 0 bridgehead atoms. The summed E-state index contributed by atoms with van der Waals surface area (Å²) in [5, 5.41) is 3.86. The molecule has 1 atom stereocenters. The van der Waals surface area contributed by atoms with Crippen molar-refractivity contribution in [3.05, 3.63) is 72.1 Å². The second kappa shape index (κ2) is 8.10. The molecule has 0 spiro atoms. The molecule has 150 valence electrons. The van der Waals surface area contributed by atoms with Gasteiger partial charge in [-0.2, -0.15) is 4.98 Å². The van der Waals surface area contributed by atoms with E-state index in [1.54, 1.807) is 35.5 Å². The summed E-state index contributed by atoms with van der Waals surface area (Å²) in [7, 11) is -3.67. The van der Waals surface area contributed by atoms with Crippen LogP contribution in [-0.2, 0) is 27.9 Å². The van der Waals surface area contributed by atoms with Gasteiger partial charge in [0.1, 0.15) is 6.04 Å². The summed E-state index contributed by atoms with van der Waals surface area (Å²) >= 11 is 0. The van der Waals surface area contributed by atoms with E-state index in [0.29, 0.717) is 25.3 Å². The lowest BCUT2D eigenvalue weighted by Crippen LogP contribution is -2.27. The van der Waals surface area contributed by atoms with Crippen LogP contribution in [0.4, 0.5) is 0 Å². The maximum absolute atomic E-state index is 12.3. The average Bonchev–Trinajstić information content (AvgIpc) is 3.35. The molecule has 1 aliphatic rings. The number of hydrogen-bond acceptors (Lipinski definition) is 7. The number of amides is 1. The van der Waals surface area contributed by atoms with E-state index in [0.717, 1.165) is 5.56 Å². The first-order valence-corrected chi connectivity index (χ1v) is 10.6. The molecule has 0 radical (unpaired) electrons. The van der Waals surface area contributed by atoms with Crippen molar-refractivity contribution in [1.29, 1.82) is 0 Å². The summed E-state index contributed by atoms with van der Waals surface area (Å²) in [4.78, 5) is 22.5. The molecule has 29 heavy (non-hydrogen) atoms. The van der Waals surface area contributed by atoms with Gasteiger partial charge >= 0.3 is 0 Å². The Kier molecular flexibility index (Phi) is 5.36. The molecule has 1 fully saturated rings. The fourth-order valence-corrected chi connectivity index (χ4v) is 4.19. The van der Waals surface area contributed by atoms with Gasteiger partial charge in [-0.3, -0.25) is 9.78 Å². The Hall–Kier alpha value is -3.11. The normalized spacial score (nSPS) is 17.0. The molecule has 2 aromatic heterocycles. The minimum absolute atomic E-state index is 0.0105. The van der Waals surface area contributed by atoms with E-state index in [-0.39, 0.29) is 29.2 Å². The van der Waals surface area contributed by atoms with Gasteiger partial charge in [-0.05, 0) is 36.2 Å². The second-order valence-electron chi connectivity index (χ2n) is 6.62. The van der Waals surface area contributed by atoms with Crippen molar-refractivity contribution in [2.24, 2.45) is 0 Å². The number of nitrogens with one attached hydrogen (secondary N) is 1. The van der Waals surface area contributed by atoms with E-state index < -0.39 is 10.0 Å². The summed E-state index contributed by atoms with van der Waals surface area (Å²) in [6.45, 7) is 0.316. The van der Waals surface area contributed by atoms with Gasteiger partial charge in [-0.1, -0.05) is 23.4 Å². The fraction of sp³-hybridized carbons (Fsp3) is 0.263. The smallest absolute Gasteiger partial charge is 0.249 e. The first-order valence-electron chi connectivity index (χ1n) is 9.08. The minimum Gasteiger partial charge on any atom is -0.337 e. The van der Waals surface area contributed by atoms with E-state index in [2.05, 4.69) is 19.8 Å². The van der Waals surface area contributed by atoms with Crippen LogP contribution in [0.5, 0.6) is 0 Å². The second-order valence-corrected chi connectivity index (χ2v) is 8.38. The van der Waals surface area contributed by atoms with Gasteiger partial charge in [0.15, 0.2) is 5.82 Å². The predicted octanol–water partition coefficient (Wildman–Crippen LogP) is 1.81. The number of rotatable bonds is 7. The van der Waals surface area contributed by atoms with E-state index in [1.807, 2.05) is 12.1 Å². The number of sulfonamides is 1. The van der Waals surface area contributed by atoms with Crippen LogP contribution in [0.2, 0.25) is 0 Å². The van der Waals surface area contributed by atoms with Crippen molar-refractivity contribution in [2.75, 3.05) is 0 Å². The van der Waals surface area contributed by atoms with Gasteiger partial charge in [0.05, 0.1) is 11.4 Å². The number of hydrogen-bond donors (Lipinski definition) is 1. The monoisotopic (exact) mass is 413 g/mol. The van der Waals surface area contributed by atoms with Crippen LogP contribution in [0.25, 0.3) is 0 Å². The largest absolute Gasteiger partial charge is 0.337 e. The van der Waals surface area contributed by atoms with E-state index in [9.17, 15) is 13.2 Å². The van der Waals surface area contributed by atoms with Crippen molar-refractivity contribution in [2.45, 2.75) is 36.9 Å². The van der Waals surface area contributed by atoms with Crippen LogP contribution < -0.4 is 4.72 Å². The number of aromatic nitrogens is 3. The van der Waals surface area contributed by atoms with Gasteiger partial charge in [0, 0.05) is 25.4 Å². The molecule has 1 aliphatic heterocycles. The number of carbonyl (C=O) groups excluding carboxylic acids is 1. The van der Waals surface area contributed by atoms with Crippen LogP contribution in [0, 0.1) is 0 Å². The van der Waals surface area contributed by atoms with Crippen molar-refractivity contribution in [3.8, 4) is 0 Å². The van der Waals surface area contributed by atoms with Crippen molar-refractivity contribution in [1.82, 2.24) is 24.7 Å². The predicted molar refractivity (Wildman–Crippen MR) is 102 cm³/mol. The SMILES string of the molecule is O=C1CC[C@@H](c2nc(CNS(=O)(=O)c3ccccc3)no2)N1Cc1ccncc1. The van der Waals surface area contributed by atoms with Gasteiger partial charge in [-0.25, -0.2) is 13.1 Å². The van der Waals surface area contributed by atoms with Crippen molar-refractivity contribution in [3.63, 3.8) is 0 Å². The van der Waals surface area contributed by atoms with Gasteiger partial charge in [0.2, 0.25) is 21.8 Å². The molecular formula is C19H19N5O4S. The lowest BCUT2D eigenvalue weighted by molar-refractivity contribution is -0.130. The van der Waals surface area contributed by atoms with Gasteiger partial charge in [-0.15, -0.1) is 0 Å². The van der Waals surface area contributed by atoms with E-state index in [4.69, 9.17) is 4.52 Å². The number of likely N-dealkylation sites (tertiary alicyclic amines) is 1. The summed E-state index contributed by atoms with van der Waals surface area (Å²) in [6.07, 6.45) is 4.32. The first kappa shape index (κ1) is 19.2. The topological polar surface area (TPSA) is 118 Å². The number of carbonyl (C=O) groups is 1. The Morgan fingerprint density at radius 2 is 1.90 bits per heavy atom. The highest BCUT2D eigenvalue weighted by molar-refractivity contribution is 7.89. The van der Waals surface area contributed by atoms with E-state index >= 15 is 0 Å². The van der Waals surface area contributed by atoms with Crippen LogP contribution in [0.1, 0.15) is 36.2 Å². The Balaban J connectivity index is 1.45. The molecule has 1 saturated heterocycles. The van der Waals surface area contributed by atoms with Crippen molar-refractivity contribution < 1.29 is 17.7 Å². The van der Waals surface area contributed by atoms with Crippen LogP contribution in [0.3, 0.4) is 0 Å². The molecule has 9 nitrogen and oxygen atoms in total. The molecule has 1 N–H and O–H groups in total. The molecule has 3 heterocycles. The number of pyridine rings is 1. The first-order chi connectivity index (χ1) is 14.0. The van der Waals surface area contributed by atoms with Gasteiger partial charge in [0.25, 0.3) is 0 Å². The molecule has 1 aromatic carbocycles. The Labute approximate surface area is 167 Å². The third-order valence-electron chi connectivity index (χ3n) is 4.67. The Morgan fingerprint density at radius 3 is 2.66 bits per heavy atom. The lowest BCUT2D eigenvalue weighted by Gasteiger charge is -2.21. The fourth-order valence-electron chi connectivity index (χ4n) is 3.19. The number of nitrogens with zero attached hydrogens (tertiary/aromatic N) is 4. The zero-order valence-corrected chi connectivity index (χ0v) is 16.2. The Morgan fingerprint density at radius 1 is 1.14 bits per heavy atom. The molecule has 10 heteroatoms. The van der Waals surface area contributed by atoms with Gasteiger partial charge < -0.3 is 9.42 Å². The van der Waals surface area contributed by atoms with E-state index in [1.165, 1.54) is 12.1 Å². The summed E-state index contributed by atoms with van der Waals surface area (Å²) in [5.74, 6) is 0.526. The van der Waals surface area contributed by atoms with Crippen LogP contribution >= 0.6 is 0 Å².